The SMILES string of the molecule is CC(C)(CCl)CI. The van der Waals surface area contributed by atoms with Crippen molar-refractivity contribution in [3.8, 4) is 0 Å². The van der Waals surface area contributed by atoms with Crippen molar-refractivity contribution in [1.82, 2.24) is 0 Å². The molecule has 0 unspecified atom stereocenters. The van der Waals surface area contributed by atoms with Crippen molar-refractivity contribution < 1.29 is 0 Å². The third kappa shape index (κ3) is 3.59. The van der Waals surface area contributed by atoms with Gasteiger partial charge in [0.1, 0.15) is 0 Å². The van der Waals surface area contributed by atoms with Crippen LogP contribution in [0.5, 0.6) is 0 Å². The molecule has 44 valence electrons. The number of hydrogen-bond acceptors (Lipinski definition) is 0. The molecule has 7 heavy (non-hydrogen) atoms. The number of halogens is 2. The summed E-state index contributed by atoms with van der Waals surface area (Å²) >= 11 is 7.93. The second-order valence-electron chi connectivity index (χ2n) is 2.43. The molecule has 0 aliphatic heterocycles. The Bertz CT molecular complexity index is 46.0. The fourth-order valence-corrected chi connectivity index (χ4v) is 0.719. The predicted octanol–water partition coefficient (Wildman–Crippen LogP) is 2.69. The summed E-state index contributed by atoms with van der Waals surface area (Å²) in [6.07, 6.45) is 0. The van der Waals surface area contributed by atoms with Crippen LogP contribution in [0.3, 0.4) is 0 Å². The molecule has 0 aromatic heterocycles. The van der Waals surface area contributed by atoms with Crippen LogP contribution >= 0.6 is 34.2 Å². The Balaban J connectivity index is 3.36. The van der Waals surface area contributed by atoms with Gasteiger partial charge in [0.15, 0.2) is 0 Å². The first-order chi connectivity index (χ1) is 3.12. The lowest BCUT2D eigenvalue weighted by molar-refractivity contribution is 0.497. The van der Waals surface area contributed by atoms with Gasteiger partial charge in [-0.15, -0.1) is 11.6 Å². The fourth-order valence-electron chi connectivity index (χ4n) is 0.0357. The Kier molecular flexibility index (Phi) is 3.58. The smallest absolute Gasteiger partial charge is 0.0282 e. The molecule has 0 rings (SSSR count). The van der Waals surface area contributed by atoms with E-state index in [1.807, 2.05) is 0 Å². The standard InChI is InChI=1S/C5H10ClI/c1-5(2,3-6)4-7/h3-4H2,1-2H3. The Hall–Kier alpha value is 1.02. The van der Waals surface area contributed by atoms with E-state index in [4.69, 9.17) is 11.6 Å². The molecule has 0 heterocycles. The number of alkyl halides is 2. The molecule has 0 nitrogen and oxygen atoms in total. The third-order valence-corrected chi connectivity index (χ3v) is 3.51. The molecule has 0 bridgehead atoms. The molecule has 0 aromatic carbocycles. The summed E-state index contributed by atoms with van der Waals surface area (Å²) in [5.41, 5.74) is 0.335. The first-order valence-corrected chi connectivity index (χ1v) is 4.30. The fraction of sp³-hybridized carbons (Fsp3) is 1.00. The van der Waals surface area contributed by atoms with Gasteiger partial charge in [0, 0.05) is 10.3 Å². The average Bonchev–Trinajstić information content (AvgIpc) is 1.68. The summed E-state index contributed by atoms with van der Waals surface area (Å²) in [6, 6.07) is 0. The van der Waals surface area contributed by atoms with Crippen LogP contribution in [0.4, 0.5) is 0 Å². The zero-order valence-corrected chi connectivity index (χ0v) is 7.58. The normalized spacial score (nSPS) is 12.0. The summed E-state index contributed by atoms with van der Waals surface area (Å²) in [7, 11) is 0. The van der Waals surface area contributed by atoms with E-state index in [1.54, 1.807) is 0 Å². The van der Waals surface area contributed by atoms with Crippen LogP contribution in [0.15, 0.2) is 0 Å². The van der Waals surface area contributed by atoms with Gasteiger partial charge in [-0.05, 0) is 5.41 Å². The van der Waals surface area contributed by atoms with E-state index in [-0.39, 0.29) is 0 Å². The first-order valence-electron chi connectivity index (χ1n) is 2.24. The molecule has 0 aliphatic rings. The van der Waals surface area contributed by atoms with Crippen molar-refractivity contribution in [3.05, 3.63) is 0 Å². The molecule has 0 fully saturated rings. The topological polar surface area (TPSA) is 0 Å². The van der Waals surface area contributed by atoms with Gasteiger partial charge in [0.25, 0.3) is 0 Å². The van der Waals surface area contributed by atoms with Crippen LogP contribution in [0.2, 0.25) is 0 Å². The minimum atomic E-state index is 0.335. The Morgan fingerprint density at radius 3 is 2.00 bits per heavy atom. The van der Waals surface area contributed by atoms with Gasteiger partial charge in [-0.3, -0.25) is 0 Å². The second kappa shape index (κ2) is 3.13. The summed E-state index contributed by atoms with van der Waals surface area (Å²) in [5, 5.41) is 0. The Labute approximate surface area is 63.8 Å². The zero-order valence-electron chi connectivity index (χ0n) is 4.67. The minimum absolute atomic E-state index is 0.335. The van der Waals surface area contributed by atoms with Crippen LogP contribution in [0.25, 0.3) is 0 Å². The van der Waals surface area contributed by atoms with Crippen molar-refractivity contribution in [2.75, 3.05) is 10.3 Å². The summed E-state index contributed by atoms with van der Waals surface area (Å²) in [6.45, 7) is 4.32. The summed E-state index contributed by atoms with van der Waals surface area (Å²) < 4.78 is 1.13. The van der Waals surface area contributed by atoms with Crippen molar-refractivity contribution in [3.63, 3.8) is 0 Å². The molecule has 0 spiro atoms. The second-order valence-corrected chi connectivity index (χ2v) is 3.46. The van der Waals surface area contributed by atoms with E-state index < -0.39 is 0 Å². The number of hydrogen-bond donors (Lipinski definition) is 0. The van der Waals surface area contributed by atoms with Gasteiger partial charge in [0.05, 0.1) is 0 Å². The van der Waals surface area contributed by atoms with Crippen LogP contribution in [0.1, 0.15) is 13.8 Å². The lowest BCUT2D eigenvalue weighted by Gasteiger charge is -2.15. The lowest BCUT2D eigenvalue weighted by atomic mass is 10.0. The van der Waals surface area contributed by atoms with E-state index in [2.05, 4.69) is 36.4 Å². The monoisotopic (exact) mass is 232 g/mol. The molecule has 0 N–H and O–H groups in total. The third-order valence-electron chi connectivity index (χ3n) is 0.724. The predicted molar refractivity (Wildman–Crippen MR) is 43.4 cm³/mol. The maximum absolute atomic E-state index is 5.59. The molecule has 0 saturated carbocycles. The average molecular weight is 232 g/mol. The van der Waals surface area contributed by atoms with Crippen LogP contribution in [-0.4, -0.2) is 10.3 Å². The maximum atomic E-state index is 5.59. The maximum Gasteiger partial charge on any atom is 0.0282 e. The molecule has 0 amide bonds. The molecule has 0 aromatic rings. The van der Waals surface area contributed by atoms with E-state index in [0.717, 1.165) is 10.3 Å². The van der Waals surface area contributed by atoms with Crippen molar-refractivity contribution in [2.24, 2.45) is 5.41 Å². The molecule has 0 aliphatic carbocycles. The number of rotatable bonds is 2. The lowest BCUT2D eigenvalue weighted by Crippen LogP contribution is -2.13. The Morgan fingerprint density at radius 1 is 1.57 bits per heavy atom. The minimum Gasteiger partial charge on any atom is -0.126 e. The van der Waals surface area contributed by atoms with Crippen molar-refractivity contribution in [2.45, 2.75) is 13.8 Å². The van der Waals surface area contributed by atoms with E-state index in [9.17, 15) is 0 Å². The largest absolute Gasteiger partial charge is 0.126 e. The van der Waals surface area contributed by atoms with Gasteiger partial charge in [-0.25, -0.2) is 0 Å². The highest BCUT2D eigenvalue weighted by Gasteiger charge is 2.12. The van der Waals surface area contributed by atoms with Gasteiger partial charge in [0.2, 0.25) is 0 Å². The van der Waals surface area contributed by atoms with Crippen LogP contribution in [-0.2, 0) is 0 Å². The summed E-state index contributed by atoms with van der Waals surface area (Å²) in [5.74, 6) is 0.760. The van der Waals surface area contributed by atoms with Crippen molar-refractivity contribution in [1.29, 1.82) is 0 Å². The summed E-state index contributed by atoms with van der Waals surface area (Å²) in [4.78, 5) is 0. The first kappa shape index (κ1) is 8.02. The van der Waals surface area contributed by atoms with Gasteiger partial charge >= 0.3 is 0 Å². The quantitative estimate of drug-likeness (QED) is 0.507. The van der Waals surface area contributed by atoms with E-state index in [0.29, 0.717) is 5.41 Å². The highest BCUT2D eigenvalue weighted by atomic mass is 127. The highest BCUT2D eigenvalue weighted by Crippen LogP contribution is 2.19. The molecule has 0 radical (unpaired) electrons. The zero-order chi connectivity index (χ0) is 5.91. The highest BCUT2D eigenvalue weighted by molar-refractivity contribution is 14.1. The van der Waals surface area contributed by atoms with Gasteiger partial charge in [-0.1, -0.05) is 36.4 Å². The Morgan fingerprint density at radius 2 is 2.00 bits per heavy atom. The van der Waals surface area contributed by atoms with Crippen molar-refractivity contribution >= 4 is 34.2 Å². The van der Waals surface area contributed by atoms with Crippen LogP contribution < -0.4 is 0 Å². The van der Waals surface area contributed by atoms with E-state index >= 15 is 0 Å². The van der Waals surface area contributed by atoms with Gasteiger partial charge < -0.3 is 0 Å². The molecular weight excluding hydrogens is 222 g/mol. The molecule has 2 heteroatoms. The van der Waals surface area contributed by atoms with Gasteiger partial charge in [-0.2, -0.15) is 0 Å². The van der Waals surface area contributed by atoms with E-state index in [1.165, 1.54) is 0 Å². The van der Waals surface area contributed by atoms with Crippen LogP contribution in [0, 0.1) is 5.41 Å². The molecule has 0 atom stereocenters. The molecule has 0 saturated heterocycles. The molecular formula is C5H10ClI.